The Morgan fingerprint density at radius 1 is 1.06 bits per heavy atom. The fourth-order valence-corrected chi connectivity index (χ4v) is 5.24. The Kier molecular flexibility index (Phi) is 7.67. The van der Waals surface area contributed by atoms with Crippen molar-refractivity contribution in [2.75, 3.05) is 13.1 Å². The lowest BCUT2D eigenvalue weighted by Gasteiger charge is -2.29. The van der Waals surface area contributed by atoms with Crippen molar-refractivity contribution in [1.82, 2.24) is 14.6 Å². The van der Waals surface area contributed by atoms with E-state index in [0.29, 0.717) is 24.5 Å². The molecule has 0 saturated heterocycles. The van der Waals surface area contributed by atoms with Crippen LogP contribution in [-0.4, -0.2) is 48.8 Å². The first kappa shape index (κ1) is 23.2. The van der Waals surface area contributed by atoms with Crippen molar-refractivity contribution in [2.45, 2.75) is 63.5 Å². The maximum absolute atomic E-state index is 12.6. The van der Waals surface area contributed by atoms with Crippen LogP contribution in [0.5, 0.6) is 5.88 Å². The predicted octanol–water partition coefficient (Wildman–Crippen LogP) is 3.54. The smallest absolute Gasteiger partial charge is 0.251 e. The molecule has 0 aliphatic heterocycles. The number of nitrogens with one attached hydrogen (secondary N) is 1. The van der Waals surface area contributed by atoms with E-state index < -0.39 is 10.0 Å². The van der Waals surface area contributed by atoms with Crippen LogP contribution in [0.3, 0.4) is 0 Å². The van der Waals surface area contributed by atoms with E-state index in [1.165, 1.54) is 16.4 Å². The number of amides is 1. The molecule has 1 aromatic heterocycles. The van der Waals surface area contributed by atoms with Gasteiger partial charge < -0.3 is 10.1 Å². The van der Waals surface area contributed by atoms with Crippen LogP contribution in [0.2, 0.25) is 0 Å². The van der Waals surface area contributed by atoms with Crippen molar-refractivity contribution in [2.24, 2.45) is 0 Å². The Morgan fingerprint density at radius 3 is 2.26 bits per heavy atom. The summed E-state index contributed by atoms with van der Waals surface area (Å²) >= 11 is 0. The number of carbonyl (C=O) groups excluding carboxylic acids is 1. The zero-order valence-corrected chi connectivity index (χ0v) is 19.2. The number of rotatable bonds is 8. The van der Waals surface area contributed by atoms with Crippen molar-refractivity contribution in [1.29, 1.82) is 0 Å². The topological polar surface area (TPSA) is 88.6 Å². The molecule has 1 aliphatic rings. The molecule has 2 aromatic rings. The molecule has 7 nitrogen and oxygen atoms in total. The van der Waals surface area contributed by atoms with Gasteiger partial charge in [0, 0.05) is 37.0 Å². The first-order chi connectivity index (χ1) is 14.8. The van der Waals surface area contributed by atoms with Crippen LogP contribution in [0.15, 0.2) is 47.5 Å². The first-order valence-corrected chi connectivity index (χ1v) is 12.3. The molecular weight excluding hydrogens is 414 g/mol. The van der Waals surface area contributed by atoms with Gasteiger partial charge in [0.05, 0.1) is 4.90 Å². The summed E-state index contributed by atoms with van der Waals surface area (Å²) in [4.78, 5) is 17.1. The van der Waals surface area contributed by atoms with Gasteiger partial charge in [0.25, 0.3) is 5.91 Å². The van der Waals surface area contributed by atoms with Gasteiger partial charge in [-0.3, -0.25) is 4.79 Å². The molecule has 3 rings (SSSR count). The van der Waals surface area contributed by atoms with Gasteiger partial charge in [-0.25, -0.2) is 13.4 Å². The van der Waals surface area contributed by atoms with E-state index >= 15 is 0 Å². The van der Waals surface area contributed by atoms with E-state index in [0.717, 1.165) is 31.2 Å². The number of sulfonamides is 1. The number of benzene rings is 1. The number of aromatic nitrogens is 1. The van der Waals surface area contributed by atoms with Gasteiger partial charge in [-0.2, -0.15) is 4.31 Å². The van der Waals surface area contributed by atoms with E-state index in [-0.39, 0.29) is 22.9 Å². The van der Waals surface area contributed by atoms with Crippen molar-refractivity contribution in [3.05, 3.63) is 53.7 Å². The van der Waals surface area contributed by atoms with Crippen LogP contribution in [0, 0.1) is 6.92 Å². The number of aryl methyl sites for hydroxylation is 1. The lowest BCUT2D eigenvalue weighted by Crippen LogP contribution is -2.39. The second kappa shape index (κ2) is 10.2. The quantitative estimate of drug-likeness (QED) is 0.671. The van der Waals surface area contributed by atoms with Crippen molar-refractivity contribution in [3.8, 4) is 5.88 Å². The van der Waals surface area contributed by atoms with Gasteiger partial charge >= 0.3 is 0 Å². The fourth-order valence-electron chi connectivity index (χ4n) is 3.78. The number of pyridine rings is 1. The Bertz CT molecular complexity index is 963. The molecule has 1 fully saturated rings. The summed E-state index contributed by atoms with van der Waals surface area (Å²) in [6, 6.07) is 10.1. The molecule has 0 bridgehead atoms. The Balaban J connectivity index is 1.52. The third-order valence-electron chi connectivity index (χ3n) is 5.64. The van der Waals surface area contributed by atoms with Crippen molar-refractivity contribution < 1.29 is 17.9 Å². The second-order valence-corrected chi connectivity index (χ2v) is 9.79. The van der Waals surface area contributed by atoms with Gasteiger partial charge in [-0.15, -0.1) is 0 Å². The molecule has 1 saturated carbocycles. The molecule has 1 heterocycles. The Morgan fingerprint density at radius 2 is 1.71 bits per heavy atom. The van der Waals surface area contributed by atoms with Crippen LogP contribution in [0.1, 0.15) is 55.5 Å². The first-order valence-electron chi connectivity index (χ1n) is 10.8. The van der Waals surface area contributed by atoms with Gasteiger partial charge in [0.15, 0.2) is 0 Å². The molecule has 0 unspecified atom stereocenters. The summed E-state index contributed by atoms with van der Waals surface area (Å²) in [7, 11) is -3.52. The molecule has 1 N–H and O–H groups in total. The van der Waals surface area contributed by atoms with Gasteiger partial charge in [-0.05, 0) is 62.4 Å². The summed E-state index contributed by atoms with van der Waals surface area (Å²) in [5.74, 6) is 0.453. The maximum atomic E-state index is 12.6. The summed E-state index contributed by atoms with van der Waals surface area (Å²) in [5.41, 5.74) is 1.55. The highest BCUT2D eigenvalue weighted by molar-refractivity contribution is 7.89. The largest absolute Gasteiger partial charge is 0.474 e. The monoisotopic (exact) mass is 445 g/mol. The normalized spacial score (nSPS) is 19.2. The summed E-state index contributed by atoms with van der Waals surface area (Å²) in [5, 5.41) is 3.06. The minimum absolute atomic E-state index is 0.0809. The van der Waals surface area contributed by atoms with E-state index in [2.05, 4.69) is 10.3 Å². The van der Waals surface area contributed by atoms with Crippen molar-refractivity contribution in [3.63, 3.8) is 0 Å². The third-order valence-corrected chi connectivity index (χ3v) is 7.70. The summed E-state index contributed by atoms with van der Waals surface area (Å²) in [6.07, 6.45) is 5.25. The van der Waals surface area contributed by atoms with Crippen LogP contribution in [0.4, 0.5) is 0 Å². The summed E-state index contributed by atoms with van der Waals surface area (Å²) in [6.45, 7) is 6.42. The number of hydrogen-bond acceptors (Lipinski definition) is 5. The molecule has 0 radical (unpaired) electrons. The molecule has 1 amide bonds. The highest BCUT2D eigenvalue weighted by Crippen LogP contribution is 2.23. The zero-order valence-electron chi connectivity index (χ0n) is 18.4. The van der Waals surface area contributed by atoms with E-state index in [1.54, 1.807) is 32.2 Å². The molecule has 1 aromatic carbocycles. The number of hydrogen-bond donors (Lipinski definition) is 1. The molecule has 168 valence electrons. The fraction of sp³-hybridized carbons (Fsp3) is 0.478. The highest BCUT2D eigenvalue weighted by atomic mass is 32.2. The maximum Gasteiger partial charge on any atom is 0.251 e. The highest BCUT2D eigenvalue weighted by Gasteiger charge is 2.25. The molecular formula is C23H31N3O4S. The standard InChI is InChI=1S/C23H31N3O4S/c1-4-26(5-2)31(28,29)21-13-7-18(8-14-21)23(27)25-19-9-11-20(12-10-19)30-22-15-6-17(3)16-24-22/h6-8,13-16,19-20H,4-5,9-12H2,1-3H3,(H,25,27). The van der Waals surface area contributed by atoms with E-state index in [9.17, 15) is 13.2 Å². The minimum Gasteiger partial charge on any atom is -0.474 e. The SMILES string of the molecule is CCN(CC)S(=O)(=O)c1ccc(C(=O)NC2CCC(Oc3ccc(C)cn3)CC2)cc1. The van der Waals surface area contributed by atoms with Gasteiger partial charge in [0.1, 0.15) is 6.10 Å². The number of ether oxygens (including phenoxy) is 1. The van der Waals surface area contributed by atoms with Crippen LogP contribution in [-0.2, 0) is 10.0 Å². The number of nitrogens with zero attached hydrogens (tertiary/aromatic N) is 2. The zero-order chi connectivity index (χ0) is 22.4. The Labute approximate surface area is 184 Å². The predicted molar refractivity (Wildman–Crippen MR) is 120 cm³/mol. The lowest BCUT2D eigenvalue weighted by molar-refractivity contribution is 0.0890. The van der Waals surface area contributed by atoms with Crippen LogP contribution < -0.4 is 10.1 Å². The van der Waals surface area contributed by atoms with Crippen molar-refractivity contribution >= 4 is 15.9 Å². The molecule has 1 aliphatic carbocycles. The van der Waals surface area contributed by atoms with E-state index in [4.69, 9.17) is 4.74 Å². The van der Waals surface area contributed by atoms with Crippen LogP contribution >= 0.6 is 0 Å². The Hall–Kier alpha value is -2.45. The average molecular weight is 446 g/mol. The number of carbonyl (C=O) groups is 1. The van der Waals surface area contributed by atoms with Gasteiger partial charge in [0.2, 0.25) is 15.9 Å². The van der Waals surface area contributed by atoms with Gasteiger partial charge in [-0.1, -0.05) is 19.9 Å². The second-order valence-electron chi connectivity index (χ2n) is 7.85. The third kappa shape index (κ3) is 5.83. The van der Waals surface area contributed by atoms with E-state index in [1.807, 2.05) is 19.1 Å². The molecule has 31 heavy (non-hydrogen) atoms. The molecule has 8 heteroatoms. The molecule has 0 spiro atoms. The van der Waals surface area contributed by atoms with Crippen LogP contribution in [0.25, 0.3) is 0 Å². The minimum atomic E-state index is -3.52. The molecule has 0 atom stereocenters. The summed E-state index contributed by atoms with van der Waals surface area (Å²) < 4.78 is 32.5. The lowest BCUT2D eigenvalue weighted by atomic mass is 9.92. The average Bonchev–Trinajstić information content (AvgIpc) is 2.77.